The Balaban J connectivity index is 2.15. The molecule has 0 radical (unpaired) electrons. The van der Waals surface area contributed by atoms with Crippen LogP contribution in [-0.2, 0) is 14.4 Å². The smallest absolute Gasteiger partial charge is 0.254 e. The molecule has 1 aromatic heterocycles. The minimum atomic E-state index is -0.491. The van der Waals surface area contributed by atoms with E-state index in [0.29, 0.717) is 10.6 Å². The van der Waals surface area contributed by atoms with E-state index in [4.69, 9.17) is 0 Å². The summed E-state index contributed by atoms with van der Waals surface area (Å²) in [5.74, 6) is -1.46. The van der Waals surface area contributed by atoms with Crippen molar-refractivity contribution in [3.63, 3.8) is 0 Å². The maximum Gasteiger partial charge on any atom is 0.254 e. The van der Waals surface area contributed by atoms with E-state index in [1.54, 1.807) is 6.92 Å². The molecule has 0 bridgehead atoms. The average Bonchev–Trinajstić information content (AvgIpc) is 2.92. The van der Waals surface area contributed by atoms with Gasteiger partial charge in [0.2, 0.25) is 17.7 Å². The van der Waals surface area contributed by atoms with Crippen LogP contribution in [0.1, 0.15) is 33.6 Å². The Morgan fingerprint density at radius 1 is 1.18 bits per heavy atom. The third-order valence-corrected chi connectivity index (χ3v) is 4.67. The van der Waals surface area contributed by atoms with Crippen molar-refractivity contribution in [2.75, 3.05) is 18.9 Å². The van der Waals surface area contributed by atoms with Crippen LogP contribution >= 0.6 is 11.3 Å². The number of carbonyl (C=O) groups is 4. The summed E-state index contributed by atoms with van der Waals surface area (Å²) in [4.78, 5) is 48.9. The molecular formula is C14H17N3O4S. The molecule has 22 heavy (non-hydrogen) atoms. The Bertz CT molecular complexity index is 649. The van der Waals surface area contributed by atoms with E-state index in [-0.39, 0.29) is 37.1 Å². The fourth-order valence-corrected chi connectivity index (χ4v) is 3.30. The summed E-state index contributed by atoms with van der Waals surface area (Å²) in [5.41, 5.74) is 1.21. The molecule has 2 heterocycles. The van der Waals surface area contributed by atoms with Crippen molar-refractivity contribution in [3.05, 3.63) is 16.0 Å². The molecule has 0 unspecified atom stereocenters. The normalized spacial score (nSPS) is 14.4. The number of amides is 4. The molecule has 0 aliphatic carbocycles. The van der Waals surface area contributed by atoms with E-state index in [9.17, 15) is 19.2 Å². The van der Waals surface area contributed by atoms with Gasteiger partial charge in [0.25, 0.3) is 5.91 Å². The zero-order valence-corrected chi connectivity index (χ0v) is 13.4. The Labute approximate surface area is 131 Å². The Hall–Kier alpha value is -2.22. The highest BCUT2D eigenvalue weighted by atomic mass is 32.1. The van der Waals surface area contributed by atoms with Gasteiger partial charge in [0.1, 0.15) is 11.5 Å². The van der Waals surface area contributed by atoms with Gasteiger partial charge in [0.15, 0.2) is 0 Å². The molecule has 7 nitrogen and oxygen atoms in total. The van der Waals surface area contributed by atoms with Crippen molar-refractivity contribution < 1.29 is 19.2 Å². The highest BCUT2D eigenvalue weighted by Gasteiger charge is 2.31. The van der Waals surface area contributed by atoms with Crippen LogP contribution in [0.4, 0.5) is 5.00 Å². The van der Waals surface area contributed by atoms with Crippen LogP contribution < -0.4 is 10.6 Å². The number of hydrogen-bond donors (Lipinski definition) is 2. The SMILES string of the molecule is CNC(=O)c1c(NC(=O)CN2C(=O)CCC2=O)sc(C)c1C. The van der Waals surface area contributed by atoms with E-state index in [1.807, 2.05) is 6.92 Å². The van der Waals surface area contributed by atoms with Crippen LogP contribution in [0.5, 0.6) is 0 Å². The topological polar surface area (TPSA) is 95.6 Å². The molecule has 1 aliphatic rings. The summed E-state index contributed by atoms with van der Waals surface area (Å²) in [6.07, 6.45) is 0.291. The summed E-state index contributed by atoms with van der Waals surface area (Å²) in [5, 5.41) is 5.59. The third-order valence-electron chi connectivity index (χ3n) is 3.55. The Morgan fingerprint density at radius 2 is 1.77 bits per heavy atom. The van der Waals surface area contributed by atoms with Crippen molar-refractivity contribution in [3.8, 4) is 0 Å². The summed E-state index contributed by atoms with van der Waals surface area (Å²) < 4.78 is 0. The lowest BCUT2D eigenvalue weighted by Crippen LogP contribution is -2.37. The number of carbonyl (C=O) groups excluding carboxylic acids is 4. The van der Waals surface area contributed by atoms with Gasteiger partial charge in [-0.15, -0.1) is 11.3 Å². The number of rotatable bonds is 4. The van der Waals surface area contributed by atoms with Gasteiger partial charge in [0.05, 0.1) is 5.56 Å². The number of hydrogen-bond acceptors (Lipinski definition) is 5. The van der Waals surface area contributed by atoms with Crippen LogP contribution in [0.2, 0.25) is 0 Å². The van der Waals surface area contributed by atoms with Gasteiger partial charge in [-0.3, -0.25) is 24.1 Å². The van der Waals surface area contributed by atoms with Crippen LogP contribution in [0.3, 0.4) is 0 Å². The van der Waals surface area contributed by atoms with Crippen LogP contribution in [0.25, 0.3) is 0 Å². The van der Waals surface area contributed by atoms with E-state index in [0.717, 1.165) is 15.3 Å². The number of anilines is 1. The number of aryl methyl sites for hydroxylation is 1. The maximum atomic E-state index is 12.1. The Kier molecular flexibility index (Phi) is 4.60. The lowest BCUT2D eigenvalue weighted by Gasteiger charge is -2.13. The first-order valence-corrected chi connectivity index (χ1v) is 7.62. The van der Waals surface area contributed by atoms with Gasteiger partial charge < -0.3 is 10.6 Å². The van der Waals surface area contributed by atoms with Gasteiger partial charge in [-0.05, 0) is 19.4 Å². The predicted molar refractivity (Wildman–Crippen MR) is 81.8 cm³/mol. The second-order valence-electron chi connectivity index (χ2n) is 4.99. The molecule has 4 amide bonds. The highest BCUT2D eigenvalue weighted by Crippen LogP contribution is 2.32. The van der Waals surface area contributed by atoms with E-state index < -0.39 is 5.91 Å². The minimum Gasteiger partial charge on any atom is -0.355 e. The van der Waals surface area contributed by atoms with Crippen molar-refractivity contribution >= 4 is 40.0 Å². The summed E-state index contributed by atoms with van der Waals surface area (Å²) in [7, 11) is 1.52. The van der Waals surface area contributed by atoms with Crippen molar-refractivity contribution in [1.82, 2.24) is 10.2 Å². The van der Waals surface area contributed by atoms with Gasteiger partial charge in [0, 0.05) is 24.8 Å². The molecule has 0 saturated carbocycles. The number of likely N-dealkylation sites (tertiary alicyclic amines) is 1. The van der Waals surface area contributed by atoms with E-state index in [2.05, 4.69) is 10.6 Å². The molecular weight excluding hydrogens is 306 g/mol. The van der Waals surface area contributed by atoms with Gasteiger partial charge in [-0.25, -0.2) is 0 Å². The summed E-state index contributed by atoms with van der Waals surface area (Å²) in [6.45, 7) is 3.34. The molecule has 2 N–H and O–H groups in total. The Morgan fingerprint density at radius 3 is 2.32 bits per heavy atom. The first-order valence-electron chi connectivity index (χ1n) is 6.80. The average molecular weight is 323 g/mol. The van der Waals surface area contributed by atoms with Gasteiger partial charge >= 0.3 is 0 Å². The van der Waals surface area contributed by atoms with Gasteiger partial charge in [-0.2, -0.15) is 0 Å². The van der Waals surface area contributed by atoms with E-state index >= 15 is 0 Å². The maximum absolute atomic E-state index is 12.1. The fourth-order valence-electron chi connectivity index (χ4n) is 2.22. The first kappa shape index (κ1) is 16.2. The molecule has 8 heteroatoms. The molecule has 1 aromatic rings. The summed E-state index contributed by atoms with van der Waals surface area (Å²) >= 11 is 1.29. The quantitative estimate of drug-likeness (QED) is 0.802. The number of nitrogens with zero attached hydrogens (tertiary/aromatic N) is 1. The van der Waals surface area contributed by atoms with Crippen molar-refractivity contribution in [1.29, 1.82) is 0 Å². The number of imide groups is 1. The molecule has 2 rings (SSSR count). The van der Waals surface area contributed by atoms with Gasteiger partial charge in [-0.1, -0.05) is 0 Å². The number of thiophene rings is 1. The fraction of sp³-hybridized carbons (Fsp3) is 0.429. The lowest BCUT2D eigenvalue weighted by molar-refractivity contribution is -0.141. The minimum absolute atomic E-state index is 0.146. The zero-order valence-electron chi connectivity index (χ0n) is 12.6. The van der Waals surface area contributed by atoms with Crippen LogP contribution in [-0.4, -0.2) is 42.1 Å². The molecule has 118 valence electrons. The molecule has 1 fully saturated rings. The first-order chi connectivity index (χ1) is 10.3. The highest BCUT2D eigenvalue weighted by molar-refractivity contribution is 7.16. The molecule has 0 atom stereocenters. The lowest BCUT2D eigenvalue weighted by atomic mass is 10.1. The largest absolute Gasteiger partial charge is 0.355 e. The molecule has 0 aromatic carbocycles. The predicted octanol–water partition coefficient (Wildman–Crippen LogP) is 0.812. The second kappa shape index (κ2) is 6.27. The molecule has 0 spiro atoms. The summed E-state index contributed by atoms with van der Waals surface area (Å²) in [6, 6.07) is 0. The van der Waals surface area contributed by atoms with Crippen molar-refractivity contribution in [2.24, 2.45) is 0 Å². The number of nitrogens with one attached hydrogen (secondary N) is 2. The third kappa shape index (κ3) is 3.01. The van der Waals surface area contributed by atoms with Crippen LogP contribution in [0.15, 0.2) is 0 Å². The second-order valence-corrected chi connectivity index (χ2v) is 6.21. The standard InChI is InChI=1S/C14H17N3O4S/c1-7-8(2)22-14(12(7)13(21)15-3)16-9(18)6-17-10(19)4-5-11(17)20/h4-6H2,1-3H3,(H,15,21)(H,16,18). The van der Waals surface area contributed by atoms with E-state index in [1.165, 1.54) is 18.4 Å². The molecule has 1 aliphatic heterocycles. The van der Waals surface area contributed by atoms with Crippen molar-refractivity contribution in [2.45, 2.75) is 26.7 Å². The van der Waals surface area contributed by atoms with Crippen LogP contribution in [0, 0.1) is 13.8 Å². The zero-order chi connectivity index (χ0) is 16.4. The monoisotopic (exact) mass is 323 g/mol. The molecule has 1 saturated heterocycles.